The van der Waals surface area contributed by atoms with Gasteiger partial charge in [0.15, 0.2) is 0 Å². The van der Waals surface area contributed by atoms with Crippen molar-refractivity contribution >= 4 is 11.9 Å². The van der Waals surface area contributed by atoms with E-state index in [1.165, 1.54) is 0 Å². The van der Waals surface area contributed by atoms with Crippen LogP contribution < -0.4 is 4.74 Å². The van der Waals surface area contributed by atoms with E-state index in [9.17, 15) is 14.7 Å². The Balaban J connectivity index is 1.61. The van der Waals surface area contributed by atoms with Gasteiger partial charge in [-0.25, -0.2) is 4.79 Å². The molecule has 2 aromatic rings. The molecule has 6 heteroatoms. The van der Waals surface area contributed by atoms with E-state index in [1.54, 1.807) is 11.0 Å². The number of amides is 1. The number of ether oxygens (including phenoxy) is 1. The van der Waals surface area contributed by atoms with Gasteiger partial charge >= 0.3 is 5.97 Å². The lowest BCUT2D eigenvalue weighted by Crippen LogP contribution is -2.54. The smallest absolute Gasteiger partial charge is 0.348 e. The number of carboxylic acid groups (broad SMARTS) is 1. The quantitative estimate of drug-likeness (QED) is 0.864. The van der Waals surface area contributed by atoms with Crippen molar-refractivity contribution in [3.63, 3.8) is 0 Å². The highest BCUT2D eigenvalue weighted by molar-refractivity contribution is 5.80. The van der Waals surface area contributed by atoms with Gasteiger partial charge < -0.3 is 19.3 Å². The second kappa shape index (κ2) is 7.64. The van der Waals surface area contributed by atoms with Crippen molar-refractivity contribution in [2.75, 3.05) is 13.1 Å². The first-order chi connectivity index (χ1) is 12.5. The van der Waals surface area contributed by atoms with E-state index in [2.05, 4.69) is 0 Å². The summed E-state index contributed by atoms with van der Waals surface area (Å²) in [5, 5.41) is 9.76. The molecule has 6 nitrogen and oxygen atoms in total. The number of aryl methyl sites for hydroxylation is 2. The van der Waals surface area contributed by atoms with Crippen LogP contribution in [-0.2, 0) is 16.1 Å². The van der Waals surface area contributed by atoms with Gasteiger partial charge in [-0.15, -0.1) is 0 Å². The van der Waals surface area contributed by atoms with E-state index in [4.69, 9.17) is 4.74 Å². The summed E-state index contributed by atoms with van der Waals surface area (Å²) in [5.74, 6) is -0.337. The van der Waals surface area contributed by atoms with Gasteiger partial charge in [0.25, 0.3) is 0 Å². The molecule has 2 heterocycles. The van der Waals surface area contributed by atoms with E-state index < -0.39 is 11.6 Å². The molecule has 1 aliphatic heterocycles. The largest absolute Gasteiger partial charge is 0.478 e. The van der Waals surface area contributed by atoms with E-state index in [0.717, 1.165) is 5.56 Å². The zero-order valence-electron chi connectivity index (χ0n) is 14.9. The molecule has 0 bridgehead atoms. The minimum atomic E-state index is -1.27. The Kier molecular flexibility index (Phi) is 5.30. The molecule has 0 aliphatic carbocycles. The standard InChI is InChI=1S/C20H24N2O4/c1-16-6-2-3-7-17(16)26-20(19(24)25)9-14-22(15-10-20)18(23)8-13-21-11-4-5-12-21/h2-7,11-12H,8-10,13-15H2,1H3,(H,24,25). The second-order valence-corrected chi connectivity index (χ2v) is 6.72. The first-order valence-corrected chi connectivity index (χ1v) is 8.87. The lowest BCUT2D eigenvalue weighted by molar-refractivity contribution is -0.161. The molecule has 0 atom stereocenters. The zero-order valence-corrected chi connectivity index (χ0v) is 14.9. The van der Waals surface area contributed by atoms with Gasteiger partial charge in [0, 0.05) is 51.3 Å². The van der Waals surface area contributed by atoms with Crippen molar-refractivity contribution in [1.82, 2.24) is 9.47 Å². The predicted molar refractivity (Wildman–Crippen MR) is 97.0 cm³/mol. The minimum absolute atomic E-state index is 0.0496. The van der Waals surface area contributed by atoms with Crippen LogP contribution in [0.1, 0.15) is 24.8 Å². The SMILES string of the molecule is Cc1ccccc1OC1(C(=O)O)CCN(C(=O)CCn2cccc2)CC1. The van der Waals surface area contributed by atoms with Gasteiger partial charge in [-0.1, -0.05) is 18.2 Å². The maximum atomic E-state index is 12.4. The van der Waals surface area contributed by atoms with Gasteiger partial charge in [0.05, 0.1) is 0 Å². The number of hydrogen-bond acceptors (Lipinski definition) is 3. The summed E-state index contributed by atoms with van der Waals surface area (Å²) < 4.78 is 7.90. The molecule has 1 aromatic carbocycles. The maximum absolute atomic E-state index is 12.4. The number of carboxylic acids is 1. The Morgan fingerprint density at radius 1 is 1.12 bits per heavy atom. The van der Waals surface area contributed by atoms with Crippen LogP contribution >= 0.6 is 0 Å². The summed E-state index contributed by atoms with van der Waals surface area (Å²) in [6.45, 7) is 3.31. The molecule has 1 fully saturated rings. The molecule has 1 aliphatic rings. The highest BCUT2D eigenvalue weighted by Crippen LogP contribution is 2.31. The average molecular weight is 356 g/mol. The Hall–Kier alpha value is -2.76. The molecule has 26 heavy (non-hydrogen) atoms. The topological polar surface area (TPSA) is 71.8 Å². The Labute approximate surface area is 153 Å². The zero-order chi connectivity index (χ0) is 18.6. The monoisotopic (exact) mass is 356 g/mol. The Morgan fingerprint density at radius 3 is 2.38 bits per heavy atom. The molecule has 0 unspecified atom stereocenters. The normalized spacial score (nSPS) is 16.3. The third kappa shape index (κ3) is 3.90. The molecule has 0 saturated carbocycles. The summed E-state index contributed by atoms with van der Waals surface area (Å²) in [7, 11) is 0. The van der Waals surface area contributed by atoms with Crippen LogP contribution in [0.4, 0.5) is 0 Å². The van der Waals surface area contributed by atoms with Crippen molar-refractivity contribution in [1.29, 1.82) is 0 Å². The third-order valence-electron chi connectivity index (χ3n) is 4.96. The molecular formula is C20H24N2O4. The number of para-hydroxylation sites is 1. The predicted octanol–water partition coefficient (Wildman–Crippen LogP) is 2.71. The number of nitrogens with zero attached hydrogens (tertiary/aromatic N) is 2. The van der Waals surface area contributed by atoms with Crippen molar-refractivity contribution in [3.05, 3.63) is 54.4 Å². The summed E-state index contributed by atoms with van der Waals surface area (Å²) in [5.41, 5.74) is -0.373. The molecular weight excluding hydrogens is 332 g/mol. The highest BCUT2D eigenvalue weighted by Gasteiger charge is 2.45. The fourth-order valence-corrected chi connectivity index (χ4v) is 3.26. The van der Waals surface area contributed by atoms with Crippen molar-refractivity contribution in [2.45, 2.75) is 38.3 Å². The van der Waals surface area contributed by atoms with Crippen molar-refractivity contribution < 1.29 is 19.4 Å². The van der Waals surface area contributed by atoms with Crippen LogP contribution in [0.25, 0.3) is 0 Å². The summed E-state index contributed by atoms with van der Waals surface area (Å²) in [6, 6.07) is 11.3. The average Bonchev–Trinajstić information content (AvgIpc) is 3.16. The van der Waals surface area contributed by atoms with Gasteiger partial charge in [0.2, 0.25) is 11.5 Å². The lowest BCUT2D eigenvalue weighted by atomic mass is 9.90. The maximum Gasteiger partial charge on any atom is 0.348 e. The number of carbonyl (C=O) groups is 2. The first-order valence-electron chi connectivity index (χ1n) is 8.87. The van der Waals surface area contributed by atoms with Gasteiger partial charge in [-0.2, -0.15) is 0 Å². The van der Waals surface area contributed by atoms with Crippen molar-refractivity contribution in [2.24, 2.45) is 0 Å². The summed E-state index contributed by atoms with van der Waals surface area (Å²) in [6.07, 6.45) is 4.83. The van der Waals surface area contributed by atoms with Crippen LogP contribution in [0, 0.1) is 6.92 Å². The highest BCUT2D eigenvalue weighted by atomic mass is 16.5. The number of piperidine rings is 1. The van der Waals surface area contributed by atoms with Crippen LogP contribution in [0.3, 0.4) is 0 Å². The van der Waals surface area contributed by atoms with E-state index in [1.807, 2.05) is 54.2 Å². The number of hydrogen-bond donors (Lipinski definition) is 1. The molecule has 3 rings (SSSR count). The summed E-state index contributed by atoms with van der Waals surface area (Å²) in [4.78, 5) is 26.1. The number of aliphatic carboxylic acids is 1. The fraction of sp³-hybridized carbons (Fsp3) is 0.400. The van der Waals surface area contributed by atoms with Crippen LogP contribution in [0.5, 0.6) is 5.75 Å². The Bertz CT molecular complexity index is 762. The number of carbonyl (C=O) groups excluding carboxylic acids is 1. The van der Waals surface area contributed by atoms with Crippen LogP contribution in [-0.4, -0.2) is 45.1 Å². The molecule has 0 radical (unpaired) electrons. The van der Waals surface area contributed by atoms with Crippen molar-refractivity contribution in [3.8, 4) is 5.75 Å². The summed E-state index contributed by atoms with van der Waals surface area (Å²) >= 11 is 0. The first kappa shape index (κ1) is 18.0. The van der Waals surface area contributed by atoms with Crippen LogP contribution in [0.15, 0.2) is 48.8 Å². The van der Waals surface area contributed by atoms with Gasteiger partial charge in [-0.05, 0) is 30.7 Å². The lowest BCUT2D eigenvalue weighted by Gasteiger charge is -2.39. The molecule has 0 spiro atoms. The third-order valence-corrected chi connectivity index (χ3v) is 4.96. The molecule has 1 aromatic heterocycles. The number of likely N-dealkylation sites (tertiary alicyclic amines) is 1. The minimum Gasteiger partial charge on any atom is -0.478 e. The number of rotatable bonds is 6. The molecule has 1 N–H and O–H groups in total. The molecule has 138 valence electrons. The molecule has 1 amide bonds. The van der Waals surface area contributed by atoms with Gasteiger partial charge in [-0.3, -0.25) is 4.79 Å². The number of aromatic nitrogens is 1. The van der Waals surface area contributed by atoms with E-state index in [0.29, 0.717) is 31.8 Å². The molecule has 1 saturated heterocycles. The van der Waals surface area contributed by atoms with Crippen LogP contribution in [0.2, 0.25) is 0 Å². The van der Waals surface area contributed by atoms with Gasteiger partial charge in [0.1, 0.15) is 5.75 Å². The van der Waals surface area contributed by atoms with E-state index in [-0.39, 0.29) is 18.7 Å². The van der Waals surface area contributed by atoms with E-state index >= 15 is 0 Å². The fourth-order valence-electron chi connectivity index (χ4n) is 3.26. The second-order valence-electron chi connectivity index (χ2n) is 6.72. The number of benzene rings is 1. The Morgan fingerprint density at radius 2 is 1.77 bits per heavy atom.